The van der Waals surface area contributed by atoms with Gasteiger partial charge in [-0.1, -0.05) is 41.9 Å². The molecule has 0 saturated heterocycles. The summed E-state index contributed by atoms with van der Waals surface area (Å²) < 4.78 is 1.16. The molecule has 1 aromatic rings. The first-order valence-electron chi connectivity index (χ1n) is 5.87. The van der Waals surface area contributed by atoms with Crippen molar-refractivity contribution < 1.29 is 0 Å². The van der Waals surface area contributed by atoms with Crippen LogP contribution in [0.3, 0.4) is 0 Å². The third-order valence-corrected chi connectivity index (χ3v) is 2.83. The number of benzene rings is 1. The first kappa shape index (κ1) is 13.7. The molecule has 0 radical (unpaired) electrons. The fourth-order valence-corrected chi connectivity index (χ4v) is 1.95. The van der Waals surface area contributed by atoms with Crippen LogP contribution < -0.4 is 10.6 Å². The smallest absolute Gasteiger partial charge is 0.0178 e. The topological polar surface area (TPSA) is 24.1 Å². The molecule has 90 valence electrons. The van der Waals surface area contributed by atoms with Crippen LogP contribution in [0.15, 0.2) is 28.7 Å². The van der Waals surface area contributed by atoms with Gasteiger partial charge >= 0.3 is 0 Å². The van der Waals surface area contributed by atoms with Gasteiger partial charge in [0.2, 0.25) is 0 Å². The Labute approximate surface area is 107 Å². The van der Waals surface area contributed by atoms with Crippen LogP contribution in [-0.2, 0) is 6.42 Å². The average molecular weight is 285 g/mol. The van der Waals surface area contributed by atoms with E-state index in [1.165, 1.54) is 5.56 Å². The fourth-order valence-electron chi connectivity index (χ4n) is 1.50. The van der Waals surface area contributed by atoms with Gasteiger partial charge in [-0.2, -0.15) is 0 Å². The molecule has 3 heteroatoms. The van der Waals surface area contributed by atoms with Crippen LogP contribution >= 0.6 is 15.9 Å². The highest BCUT2D eigenvalue weighted by Crippen LogP contribution is 2.11. The van der Waals surface area contributed by atoms with Crippen molar-refractivity contribution in [2.45, 2.75) is 26.3 Å². The SMILES string of the molecule is CC(C)NCCNCCc1cccc(Br)c1. The molecular formula is C13H21BrN2. The van der Waals surface area contributed by atoms with Crippen molar-refractivity contribution in [3.8, 4) is 0 Å². The van der Waals surface area contributed by atoms with Gasteiger partial charge < -0.3 is 10.6 Å². The van der Waals surface area contributed by atoms with Gasteiger partial charge in [0.15, 0.2) is 0 Å². The Hall–Kier alpha value is -0.380. The number of halogens is 1. The largest absolute Gasteiger partial charge is 0.315 e. The third kappa shape index (κ3) is 6.26. The fraction of sp³-hybridized carbons (Fsp3) is 0.538. The Balaban J connectivity index is 2.07. The second-order valence-electron chi connectivity index (χ2n) is 4.24. The molecule has 0 aliphatic carbocycles. The Bertz CT molecular complexity index is 300. The summed E-state index contributed by atoms with van der Waals surface area (Å²) in [6.45, 7) is 7.45. The van der Waals surface area contributed by atoms with E-state index in [0.717, 1.165) is 30.5 Å². The van der Waals surface area contributed by atoms with Crippen LogP contribution in [0.25, 0.3) is 0 Å². The zero-order chi connectivity index (χ0) is 11.8. The molecule has 0 spiro atoms. The highest BCUT2D eigenvalue weighted by atomic mass is 79.9. The molecule has 1 rings (SSSR count). The molecule has 0 atom stereocenters. The summed E-state index contributed by atoms with van der Waals surface area (Å²) in [5, 5.41) is 6.81. The summed E-state index contributed by atoms with van der Waals surface area (Å²) in [7, 11) is 0. The first-order valence-corrected chi connectivity index (χ1v) is 6.66. The molecule has 0 amide bonds. The molecule has 2 N–H and O–H groups in total. The van der Waals surface area contributed by atoms with E-state index in [9.17, 15) is 0 Å². The number of rotatable bonds is 7. The lowest BCUT2D eigenvalue weighted by Gasteiger charge is -2.09. The van der Waals surface area contributed by atoms with E-state index in [0.29, 0.717) is 6.04 Å². The number of hydrogen-bond acceptors (Lipinski definition) is 2. The molecule has 0 aliphatic heterocycles. The summed E-state index contributed by atoms with van der Waals surface area (Å²) in [4.78, 5) is 0. The van der Waals surface area contributed by atoms with Crippen LogP contribution in [0.1, 0.15) is 19.4 Å². The van der Waals surface area contributed by atoms with E-state index in [4.69, 9.17) is 0 Å². The van der Waals surface area contributed by atoms with E-state index in [1.807, 2.05) is 0 Å². The van der Waals surface area contributed by atoms with Crippen LogP contribution in [0, 0.1) is 0 Å². The van der Waals surface area contributed by atoms with Crippen LogP contribution in [0.2, 0.25) is 0 Å². The van der Waals surface area contributed by atoms with Crippen molar-refractivity contribution in [2.75, 3.05) is 19.6 Å². The standard InChI is InChI=1S/C13H21BrN2/c1-11(2)16-9-8-15-7-6-12-4-3-5-13(14)10-12/h3-5,10-11,15-16H,6-9H2,1-2H3. The van der Waals surface area contributed by atoms with Gasteiger partial charge in [0.05, 0.1) is 0 Å². The molecule has 1 aromatic carbocycles. The maximum absolute atomic E-state index is 3.48. The van der Waals surface area contributed by atoms with Gasteiger partial charge in [-0.15, -0.1) is 0 Å². The predicted molar refractivity (Wildman–Crippen MR) is 73.9 cm³/mol. The van der Waals surface area contributed by atoms with E-state index in [1.54, 1.807) is 0 Å². The lowest BCUT2D eigenvalue weighted by Crippen LogP contribution is -2.32. The van der Waals surface area contributed by atoms with Crippen molar-refractivity contribution in [1.29, 1.82) is 0 Å². The van der Waals surface area contributed by atoms with Crippen LogP contribution in [-0.4, -0.2) is 25.7 Å². The molecule has 0 aliphatic rings. The lowest BCUT2D eigenvalue weighted by atomic mass is 10.1. The zero-order valence-corrected chi connectivity index (χ0v) is 11.7. The lowest BCUT2D eigenvalue weighted by molar-refractivity contribution is 0.556. The molecule has 0 heterocycles. The third-order valence-electron chi connectivity index (χ3n) is 2.33. The summed E-state index contributed by atoms with van der Waals surface area (Å²) in [6, 6.07) is 9.06. The zero-order valence-electron chi connectivity index (χ0n) is 10.1. The first-order chi connectivity index (χ1) is 7.68. The highest BCUT2D eigenvalue weighted by Gasteiger charge is 1.94. The minimum atomic E-state index is 0.576. The van der Waals surface area contributed by atoms with E-state index >= 15 is 0 Å². The van der Waals surface area contributed by atoms with Crippen LogP contribution in [0.4, 0.5) is 0 Å². The predicted octanol–water partition coefficient (Wildman–Crippen LogP) is 2.58. The second-order valence-corrected chi connectivity index (χ2v) is 5.15. The van der Waals surface area contributed by atoms with Crippen LogP contribution in [0.5, 0.6) is 0 Å². The molecule has 0 fully saturated rings. The van der Waals surface area contributed by atoms with Crippen molar-refractivity contribution in [1.82, 2.24) is 10.6 Å². The molecule has 0 aromatic heterocycles. The Morgan fingerprint density at radius 1 is 1.19 bits per heavy atom. The highest BCUT2D eigenvalue weighted by molar-refractivity contribution is 9.10. The summed E-state index contributed by atoms with van der Waals surface area (Å²) in [5.74, 6) is 0. The summed E-state index contributed by atoms with van der Waals surface area (Å²) >= 11 is 3.48. The van der Waals surface area contributed by atoms with E-state index in [2.05, 4.69) is 64.7 Å². The molecule has 16 heavy (non-hydrogen) atoms. The Kier molecular flexibility index (Phi) is 6.69. The number of nitrogens with one attached hydrogen (secondary N) is 2. The molecule has 0 saturated carbocycles. The van der Waals surface area contributed by atoms with Crippen molar-refractivity contribution >= 4 is 15.9 Å². The normalized spacial score (nSPS) is 11.0. The number of hydrogen-bond donors (Lipinski definition) is 2. The van der Waals surface area contributed by atoms with E-state index < -0.39 is 0 Å². The quantitative estimate of drug-likeness (QED) is 0.752. The van der Waals surface area contributed by atoms with Gasteiger partial charge in [0.1, 0.15) is 0 Å². The molecule has 0 bridgehead atoms. The minimum absolute atomic E-state index is 0.576. The van der Waals surface area contributed by atoms with Crippen molar-refractivity contribution in [2.24, 2.45) is 0 Å². The summed E-state index contributed by atoms with van der Waals surface area (Å²) in [6.07, 6.45) is 1.08. The minimum Gasteiger partial charge on any atom is -0.315 e. The van der Waals surface area contributed by atoms with E-state index in [-0.39, 0.29) is 0 Å². The molecular weight excluding hydrogens is 264 g/mol. The van der Waals surface area contributed by atoms with Gasteiger partial charge in [-0.25, -0.2) is 0 Å². The molecule has 0 unspecified atom stereocenters. The average Bonchev–Trinajstić information content (AvgIpc) is 2.23. The second kappa shape index (κ2) is 7.82. The maximum atomic E-state index is 3.48. The van der Waals surface area contributed by atoms with Gasteiger partial charge in [0, 0.05) is 23.6 Å². The maximum Gasteiger partial charge on any atom is 0.0178 e. The Morgan fingerprint density at radius 3 is 2.69 bits per heavy atom. The summed E-state index contributed by atoms with van der Waals surface area (Å²) in [5.41, 5.74) is 1.37. The monoisotopic (exact) mass is 284 g/mol. The Morgan fingerprint density at radius 2 is 2.00 bits per heavy atom. The van der Waals surface area contributed by atoms with Gasteiger partial charge in [-0.3, -0.25) is 0 Å². The van der Waals surface area contributed by atoms with Crippen molar-refractivity contribution in [3.05, 3.63) is 34.3 Å². The van der Waals surface area contributed by atoms with Crippen molar-refractivity contribution in [3.63, 3.8) is 0 Å². The van der Waals surface area contributed by atoms with Gasteiger partial charge in [-0.05, 0) is 30.7 Å². The molecule has 2 nitrogen and oxygen atoms in total. The van der Waals surface area contributed by atoms with Gasteiger partial charge in [0.25, 0.3) is 0 Å².